The zero-order valence-corrected chi connectivity index (χ0v) is 19.0. The number of piperazine rings is 1. The Morgan fingerprint density at radius 3 is 2.59 bits per heavy atom. The smallest absolute Gasteiger partial charge is 0.343 e. The summed E-state index contributed by atoms with van der Waals surface area (Å²) in [6.45, 7) is 12.0. The topological polar surface area (TPSA) is 109 Å². The zero-order valence-electron chi connectivity index (χ0n) is 19.0. The highest BCUT2D eigenvalue weighted by Gasteiger charge is 2.21. The summed E-state index contributed by atoms with van der Waals surface area (Å²) in [5.41, 5.74) is 1.91. The molecule has 1 N–H and O–H groups in total. The molecule has 0 atom stereocenters. The van der Waals surface area contributed by atoms with E-state index in [1.807, 2.05) is 13.0 Å². The lowest BCUT2D eigenvalue weighted by Gasteiger charge is -2.35. The van der Waals surface area contributed by atoms with Crippen LogP contribution in [0.5, 0.6) is 0 Å². The molecule has 4 rings (SSSR count). The van der Waals surface area contributed by atoms with Crippen LogP contribution in [0.25, 0.3) is 5.65 Å². The SMILES string of the molecule is CCOC(=O)c1c[nH]n2c(=O)cc(CN3CCN(c4cc(C)nc(C(C)C)n4)CC3)nc12. The first-order valence-electron chi connectivity index (χ1n) is 11.0. The van der Waals surface area contributed by atoms with Gasteiger partial charge >= 0.3 is 5.97 Å². The average Bonchev–Trinajstić information content (AvgIpc) is 3.18. The van der Waals surface area contributed by atoms with Crippen LogP contribution in [0.1, 0.15) is 54.3 Å². The molecule has 3 aromatic heterocycles. The molecule has 170 valence electrons. The van der Waals surface area contributed by atoms with Gasteiger partial charge < -0.3 is 9.64 Å². The molecular weight excluding hydrogens is 410 g/mol. The molecule has 1 fully saturated rings. The van der Waals surface area contributed by atoms with Gasteiger partial charge in [0.25, 0.3) is 5.56 Å². The number of nitrogens with zero attached hydrogens (tertiary/aromatic N) is 6. The number of esters is 1. The van der Waals surface area contributed by atoms with Crippen molar-refractivity contribution in [3.63, 3.8) is 0 Å². The average molecular weight is 440 g/mol. The van der Waals surface area contributed by atoms with Crippen LogP contribution in [0.2, 0.25) is 0 Å². The monoisotopic (exact) mass is 439 g/mol. The Morgan fingerprint density at radius 1 is 1.16 bits per heavy atom. The lowest BCUT2D eigenvalue weighted by atomic mass is 10.2. The van der Waals surface area contributed by atoms with Gasteiger partial charge in [-0.1, -0.05) is 13.8 Å². The second-order valence-corrected chi connectivity index (χ2v) is 8.30. The molecule has 0 aliphatic carbocycles. The van der Waals surface area contributed by atoms with Crippen LogP contribution >= 0.6 is 0 Å². The number of rotatable bonds is 6. The Bertz CT molecular complexity index is 1180. The van der Waals surface area contributed by atoms with Crippen LogP contribution in [0.4, 0.5) is 5.82 Å². The number of fused-ring (bicyclic) bond motifs is 1. The van der Waals surface area contributed by atoms with Gasteiger partial charge in [0.2, 0.25) is 0 Å². The van der Waals surface area contributed by atoms with E-state index in [0.717, 1.165) is 43.5 Å². The van der Waals surface area contributed by atoms with Crippen molar-refractivity contribution in [1.29, 1.82) is 0 Å². The van der Waals surface area contributed by atoms with Crippen LogP contribution in [0.3, 0.4) is 0 Å². The number of aryl methyl sites for hydroxylation is 1. The van der Waals surface area contributed by atoms with E-state index in [0.29, 0.717) is 17.9 Å². The van der Waals surface area contributed by atoms with Crippen molar-refractivity contribution in [2.24, 2.45) is 0 Å². The van der Waals surface area contributed by atoms with Gasteiger partial charge in [-0.15, -0.1) is 0 Å². The van der Waals surface area contributed by atoms with Crippen LogP contribution in [0.15, 0.2) is 23.1 Å². The number of hydrogen-bond acceptors (Lipinski definition) is 8. The van der Waals surface area contributed by atoms with Crippen molar-refractivity contribution in [3.05, 3.63) is 51.5 Å². The molecular formula is C22H29N7O3. The number of H-pyrrole nitrogens is 1. The molecule has 1 aliphatic heterocycles. The van der Waals surface area contributed by atoms with Crippen LogP contribution < -0.4 is 10.5 Å². The third-order valence-corrected chi connectivity index (χ3v) is 5.50. The molecule has 32 heavy (non-hydrogen) atoms. The Labute approximate surface area is 186 Å². The maximum Gasteiger partial charge on any atom is 0.343 e. The third kappa shape index (κ3) is 4.50. The van der Waals surface area contributed by atoms with Gasteiger partial charge in [0.1, 0.15) is 17.2 Å². The van der Waals surface area contributed by atoms with E-state index in [1.54, 1.807) is 6.92 Å². The first-order valence-corrected chi connectivity index (χ1v) is 11.0. The molecule has 1 saturated heterocycles. The summed E-state index contributed by atoms with van der Waals surface area (Å²) in [7, 11) is 0. The van der Waals surface area contributed by atoms with Crippen molar-refractivity contribution < 1.29 is 9.53 Å². The molecule has 0 spiro atoms. The van der Waals surface area contributed by atoms with E-state index in [4.69, 9.17) is 9.72 Å². The van der Waals surface area contributed by atoms with Gasteiger partial charge in [-0.05, 0) is 13.8 Å². The van der Waals surface area contributed by atoms with Gasteiger partial charge in [0.15, 0.2) is 5.65 Å². The second kappa shape index (κ2) is 9.07. The minimum Gasteiger partial charge on any atom is -0.462 e. The van der Waals surface area contributed by atoms with Crippen molar-refractivity contribution >= 4 is 17.4 Å². The predicted octanol–water partition coefficient (Wildman–Crippen LogP) is 1.74. The molecule has 10 heteroatoms. The Kier molecular flexibility index (Phi) is 6.22. The maximum atomic E-state index is 12.5. The van der Waals surface area contributed by atoms with Crippen molar-refractivity contribution in [1.82, 2.24) is 29.5 Å². The Balaban J connectivity index is 1.47. The number of ether oxygens (including phenoxy) is 1. The van der Waals surface area contributed by atoms with Gasteiger partial charge in [-0.3, -0.25) is 14.8 Å². The summed E-state index contributed by atoms with van der Waals surface area (Å²) in [5.74, 6) is 1.61. The highest BCUT2D eigenvalue weighted by Crippen LogP contribution is 2.19. The number of hydrogen-bond donors (Lipinski definition) is 1. The minimum atomic E-state index is -0.496. The molecule has 0 bridgehead atoms. The molecule has 0 amide bonds. The van der Waals surface area contributed by atoms with Crippen molar-refractivity contribution in [2.75, 3.05) is 37.7 Å². The standard InChI is InChI=1S/C22H29N7O3/c1-5-32-22(31)17-12-23-29-19(30)11-16(25-21(17)29)13-27-6-8-28(9-7-27)18-10-15(4)24-20(26-18)14(2)3/h10-12,14,23H,5-9,13H2,1-4H3. The number of carbonyl (C=O) groups is 1. The number of nitrogens with one attached hydrogen (secondary N) is 1. The Hall–Kier alpha value is -3.27. The minimum absolute atomic E-state index is 0.253. The van der Waals surface area contributed by atoms with Crippen LogP contribution in [0, 0.1) is 6.92 Å². The van der Waals surface area contributed by atoms with Crippen molar-refractivity contribution in [3.8, 4) is 0 Å². The molecule has 0 radical (unpaired) electrons. The number of carbonyl (C=O) groups excluding carboxylic acids is 1. The summed E-state index contributed by atoms with van der Waals surface area (Å²) >= 11 is 0. The van der Waals surface area contributed by atoms with E-state index in [1.165, 1.54) is 16.8 Å². The van der Waals surface area contributed by atoms with Gasteiger partial charge in [0.05, 0.1) is 12.3 Å². The van der Waals surface area contributed by atoms with E-state index in [-0.39, 0.29) is 23.6 Å². The van der Waals surface area contributed by atoms with E-state index in [2.05, 4.69) is 38.7 Å². The second-order valence-electron chi connectivity index (χ2n) is 8.30. The lowest BCUT2D eigenvalue weighted by Crippen LogP contribution is -2.46. The van der Waals surface area contributed by atoms with E-state index >= 15 is 0 Å². The fourth-order valence-electron chi connectivity index (χ4n) is 3.83. The Morgan fingerprint density at radius 2 is 1.91 bits per heavy atom. The highest BCUT2D eigenvalue weighted by atomic mass is 16.5. The predicted molar refractivity (Wildman–Crippen MR) is 120 cm³/mol. The maximum absolute atomic E-state index is 12.5. The summed E-state index contributed by atoms with van der Waals surface area (Å²) in [6.07, 6.45) is 1.46. The third-order valence-electron chi connectivity index (χ3n) is 5.50. The quantitative estimate of drug-likeness (QED) is 0.579. The molecule has 4 heterocycles. The highest BCUT2D eigenvalue weighted by molar-refractivity contribution is 5.95. The van der Waals surface area contributed by atoms with Crippen molar-refractivity contribution in [2.45, 2.75) is 40.2 Å². The number of anilines is 1. The summed E-state index contributed by atoms with van der Waals surface area (Å²) in [5, 5.41) is 2.78. The first kappa shape index (κ1) is 21.9. The van der Waals surface area contributed by atoms with Gasteiger partial charge in [-0.2, -0.15) is 0 Å². The molecule has 0 aromatic carbocycles. The first-order chi connectivity index (χ1) is 15.4. The van der Waals surface area contributed by atoms with Gasteiger partial charge in [-0.25, -0.2) is 24.3 Å². The number of aromatic amines is 1. The fourth-order valence-corrected chi connectivity index (χ4v) is 3.83. The summed E-state index contributed by atoms with van der Waals surface area (Å²) < 4.78 is 6.33. The lowest BCUT2D eigenvalue weighted by molar-refractivity contribution is 0.0528. The van der Waals surface area contributed by atoms with Crippen LogP contribution in [-0.2, 0) is 11.3 Å². The largest absolute Gasteiger partial charge is 0.462 e. The van der Waals surface area contributed by atoms with Crippen LogP contribution in [-0.4, -0.2) is 68.2 Å². The van der Waals surface area contributed by atoms with E-state index in [9.17, 15) is 9.59 Å². The molecule has 0 unspecified atom stereocenters. The summed E-state index contributed by atoms with van der Waals surface area (Å²) in [6, 6.07) is 3.54. The molecule has 1 aliphatic rings. The number of aromatic nitrogens is 5. The fraction of sp³-hybridized carbons (Fsp3) is 0.500. The molecule has 3 aromatic rings. The normalized spacial score (nSPS) is 15.0. The molecule has 10 nitrogen and oxygen atoms in total. The molecule has 0 saturated carbocycles. The summed E-state index contributed by atoms with van der Waals surface area (Å²) in [4.78, 5) is 43.0. The van der Waals surface area contributed by atoms with Gasteiger partial charge in [0, 0.05) is 62.7 Å². The van der Waals surface area contributed by atoms with E-state index < -0.39 is 5.97 Å². The zero-order chi connectivity index (χ0) is 22.8.